The van der Waals surface area contributed by atoms with E-state index in [1.165, 1.54) is 6.07 Å². The van der Waals surface area contributed by atoms with Gasteiger partial charge in [0, 0.05) is 37.3 Å². The van der Waals surface area contributed by atoms with E-state index in [9.17, 15) is 18.4 Å². The van der Waals surface area contributed by atoms with Crippen molar-refractivity contribution < 1.29 is 23.1 Å². The number of ether oxygens (including phenoxy) is 1. The Hall–Kier alpha value is -2.71. The Morgan fingerprint density at radius 2 is 1.71 bits per heavy atom. The predicted molar refractivity (Wildman–Crippen MR) is 126 cm³/mol. The number of nitrogens with one attached hydrogen (secondary N) is 1. The number of hydrogen-bond acceptors (Lipinski definition) is 4. The molecule has 6 nitrogen and oxygen atoms in total. The molecule has 1 aliphatic heterocycles. The molecule has 1 aliphatic carbocycles. The van der Waals surface area contributed by atoms with Gasteiger partial charge in [-0.1, -0.05) is 24.4 Å². The number of carbonyl (C=O) groups excluding carboxylic acids is 2. The monoisotopic (exact) mass is 491 g/mol. The number of piperazine rings is 1. The summed E-state index contributed by atoms with van der Waals surface area (Å²) in [5, 5.41) is 3.25. The Labute approximate surface area is 202 Å². The maximum atomic E-state index is 14.1. The highest BCUT2D eigenvalue weighted by molar-refractivity contribution is 6.30. The number of benzene rings is 2. The van der Waals surface area contributed by atoms with E-state index < -0.39 is 17.7 Å². The summed E-state index contributed by atoms with van der Waals surface area (Å²) in [5.74, 6) is -1.16. The largest absolute Gasteiger partial charge is 0.484 e. The molecule has 0 spiro atoms. The second kappa shape index (κ2) is 11.1. The summed E-state index contributed by atoms with van der Waals surface area (Å²) in [4.78, 5) is 29.6. The van der Waals surface area contributed by atoms with Gasteiger partial charge in [0.05, 0.1) is 11.7 Å². The van der Waals surface area contributed by atoms with Gasteiger partial charge in [-0.2, -0.15) is 0 Å². The smallest absolute Gasteiger partial charge is 0.260 e. The molecule has 4 rings (SSSR count). The lowest BCUT2D eigenvalue weighted by atomic mass is 9.95. The first-order valence-corrected chi connectivity index (χ1v) is 11.9. The highest BCUT2D eigenvalue weighted by Gasteiger charge is 2.37. The lowest BCUT2D eigenvalue weighted by Crippen LogP contribution is -2.57. The van der Waals surface area contributed by atoms with Crippen molar-refractivity contribution in [3.8, 4) is 5.75 Å². The average molecular weight is 492 g/mol. The van der Waals surface area contributed by atoms with Gasteiger partial charge >= 0.3 is 0 Å². The predicted octanol–water partition coefficient (Wildman–Crippen LogP) is 4.34. The SMILES string of the molecule is O=C(Nc1ccc(F)cc1F)C(C1CCCC1)N1CCN(C(=O)COc2ccc(Cl)cc2)CC1. The average Bonchev–Trinajstić information content (AvgIpc) is 3.35. The van der Waals surface area contributed by atoms with Crippen molar-refractivity contribution in [1.82, 2.24) is 9.80 Å². The van der Waals surface area contributed by atoms with Crippen LogP contribution in [0.1, 0.15) is 25.7 Å². The van der Waals surface area contributed by atoms with E-state index >= 15 is 0 Å². The van der Waals surface area contributed by atoms with Crippen LogP contribution in [0.2, 0.25) is 5.02 Å². The minimum atomic E-state index is -0.797. The van der Waals surface area contributed by atoms with Gasteiger partial charge in [0.25, 0.3) is 5.91 Å². The Morgan fingerprint density at radius 1 is 1.03 bits per heavy atom. The maximum Gasteiger partial charge on any atom is 0.260 e. The summed E-state index contributed by atoms with van der Waals surface area (Å²) in [6.45, 7) is 1.95. The molecule has 9 heteroatoms. The maximum absolute atomic E-state index is 14.1. The van der Waals surface area contributed by atoms with E-state index in [2.05, 4.69) is 10.2 Å². The van der Waals surface area contributed by atoms with E-state index in [0.717, 1.165) is 37.8 Å². The van der Waals surface area contributed by atoms with Gasteiger partial charge in [-0.05, 0) is 55.2 Å². The number of halogens is 3. The molecule has 0 bridgehead atoms. The number of carbonyl (C=O) groups is 2. The summed E-state index contributed by atoms with van der Waals surface area (Å²) in [6.07, 6.45) is 3.97. The first-order chi connectivity index (χ1) is 16.4. The first-order valence-electron chi connectivity index (χ1n) is 11.6. The van der Waals surface area contributed by atoms with Crippen molar-refractivity contribution in [2.24, 2.45) is 5.92 Å². The fourth-order valence-electron chi connectivity index (χ4n) is 4.77. The van der Waals surface area contributed by atoms with Crippen molar-refractivity contribution in [3.05, 3.63) is 59.1 Å². The lowest BCUT2D eigenvalue weighted by Gasteiger charge is -2.40. The van der Waals surface area contributed by atoms with Crippen LogP contribution in [0.3, 0.4) is 0 Å². The molecule has 1 saturated heterocycles. The van der Waals surface area contributed by atoms with Gasteiger partial charge < -0.3 is 15.0 Å². The zero-order chi connectivity index (χ0) is 24.1. The number of anilines is 1. The molecule has 1 heterocycles. The van der Waals surface area contributed by atoms with Gasteiger partial charge in [-0.15, -0.1) is 0 Å². The fourth-order valence-corrected chi connectivity index (χ4v) is 4.89. The van der Waals surface area contributed by atoms with Crippen molar-refractivity contribution in [3.63, 3.8) is 0 Å². The van der Waals surface area contributed by atoms with Crippen LogP contribution in [-0.4, -0.2) is 60.4 Å². The molecule has 2 amide bonds. The van der Waals surface area contributed by atoms with Crippen LogP contribution in [0.5, 0.6) is 5.75 Å². The van der Waals surface area contributed by atoms with Crippen LogP contribution < -0.4 is 10.1 Å². The quantitative estimate of drug-likeness (QED) is 0.626. The van der Waals surface area contributed by atoms with Crippen LogP contribution in [-0.2, 0) is 9.59 Å². The third-order valence-corrected chi connectivity index (χ3v) is 6.79. The van der Waals surface area contributed by atoms with Gasteiger partial charge in [-0.3, -0.25) is 14.5 Å². The molecule has 1 N–H and O–H groups in total. The summed E-state index contributed by atoms with van der Waals surface area (Å²) in [7, 11) is 0. The molecule has 1 atom stereocenters. The van der Waals surface area contributed by atoms with E-state index in [0.29, 0.717) is 37.0 Å². The third-order valence-electron chi connectivity index (χ3n) is 6.54. The van der Waals surface area contributed by atoms with Crippen LogP contribution in [0.25, 0.3) is 0 Å². The van der Waals surface area contributed by atoms with E-state index in [4.69, 9.17) is 16.3 Å². The minimum absolute atomic E-state index is 0.0254. The topological polar surface area (TPSA) is 61.9 Å². The standard InChI is InChI=1S/C25H28ClF2N3O3/c26-18-5-8-20(9-6-18)34-16-23(32)30-11-13-31(14-12-30)24(17-3-1-2-4-17)25(33)29-22-10-7-19(27)15-21(22)28/h5-10,15,17,24H,1-4,11-14,16H2,(H,29,33). The molecule has 1 saturated carbocycles. The number of rotatable bonds is 7. The molecular formula is C25H28ClF2N3O3. The normalized spacial score (nSPS) is 18.0. The molecule has 2 aromatic carbocycles. The minimum Gasteiger partial charge on any atom is -0.484 e. The number of nitrogens with zero attached hydrogens (tertiary/aromatic N) is 2. The summed E-state index contributed by atoms with van der Waals surface area (Å²) >= 11 is 5.87. The second-order valence-corrected chi connectivity index (χ2v) is 9.20. The highest BCUT2D eigenvalue weighted by atomic mass is 35.5. The molecule has 34 heavy (non-hydrogen) atoms. The van der Waals surface area contributed by atoms with Gasteiger partial charge in [-0.25, -0.2) is 8.78 Å². The van der Waals surface area contributed by atoms with Gasteiger partial charge in [0.2, 0.25) is 5.91 Å². The van der Waals surface area contributed by atoms with E-state index in [-0.39, 0.29) is 30.0 Å². The van der Waals surface area contributed by atoms with Crippen molar-refractivity contribution in [1.29, 1.82) is 0 Å². The Kier molecular flexibility index (Phi) is 8.00. The zero-order valence-corrected chi connectivity index (χ0v) is 19.6. The van der Waals surface area contributed by atoms with Crippen molar-refractivity contribution in [2.45, 2.75) is 31.7 Å². The summed E-state index contributed by atoms with van der Waals surface area (Å²) in [6, 6.07) is 9.53. The van der Waals surface area contributed by atoms with Crippen molar-refractivity contribution >= 4 is 29.1 Å². The Morgan fingerprint density at radius 3 is 2.35 bits per heavy atom. The van der Waals surface area contributed by atoms with Crippen LogP contribution in [0.4, 0.5) is 14.5 Å². The van der Waals surface area contributed by atoms with E-state index in [1.54, 1.807) is 29.2 Å². The lowest BCUT2D eigenvalue weighted by molar-refractivity contribution is -0.136. The molecule has 2 fully saturated rings. The molecule has 0 aromatic heterocycles. The first kappa shape index (κ1) is 24.4. The molecule has 0 radical (unpaired) electrons. The van der Waals surface area contributed by atoms with Gasteiger partial charge in [0.15, 0.2) is 6.61 Å². The molecule has 2 aliphatic rings. The van der Waals surface area contributed by atoms with Crippen LogP contribution in [0.15, 0.2) is 42.5 Å². The Bertz CT molecular complexity index is 1010. The number of hydrogen-bond donors (Lipinski definition) is 1. The van der Waals surface area contributed by atoms with Gasteiger partial charge in [0.1, 0.15) is 17.4 Å². The molecule has 1 unspecified atom stereocenters. The fraction of sp³-hybridized carbons (Fsp3) is 0.440. The Balaban J connectivity index is 1.35. The second-order valence-electron chi connectivity index (χ2n) is 8.76. The van der Waals surface area contributed by atoms with Crippen molar-refractivity contribution in [2.75, 3.05) is 38.1 Å². The highest BCUT2D eigenvalue weighted by Crippen LogP contribution is 2.32. The van der Waals surface area contributed by atoms with Crippen LogP contribution in [0, 0.1) is 17.6 Å². The molecular weight excluding hydrogens is 464 g/mol. The molecule has 182 valence electrons. The summed E-state index contributed by atoms with van der Waals surface area (Å²) < 4.78 is 32.9. The molecule has 2 aromatic rings. The zero-order valence-electron chi connectivity index (χ0n) is 18.8. The third kappa shape index (κ3) is 6.04. The van der Waals surface area contributed by atoms with Crippen LogP contribution >= 0.6 is 11.6 Å². The van der Waals surface area contributed by atoms with E-state index in [1.807, 2.05) is 0 Å². The summed E-state index contributed by atoms with van der Waals surface area (Å²) in [5.41, 5.74) is -0.0254. The number of amides is 2.